The van der Waals surface area contributed by atoms with E-state index in [1.807, 2.05) is 0 Å². The third-order valence-corrected chi connectivity index (χ3v) is 2.36. The van der Waals surface area contributed by atoms with Gasteiger partial charge < -0.3 is 15.6 Å². The molecule has 0 bridgehead atoms. The van der Waals surface area contributed by atoms with Crippen molar-refractivity contribution in [3.63, 3.8) is 0 Å². The summed E-state index contributed by atoms with van der Waals surface area (Å²) in [7, 11) is 0. The average Bonchev–Trinajstić information content (AvgIpc) is 2.57. The highest BCUT2D eigenvalue weighted by Gasteiger charge is 2.14. The fourth-order valence-electron chi connectivity index (χ4n) is 1.57. The van der Waals surface area contributed by atoms with Gasteiger partial charge in [-0.15, -0.1) is 0 Å². The third-order valence-electron chi connectivity index (χ3n) is 2.36. The van der Waals surface area contributed by atoms with Crippen LogP contribution < -0.4 is 5.73 Å². The Kier molecular flexibility index (Phi) is 4.58. The molecule has 1 saturated heterocycles. The molecule has 72 valence electrons. The minimum absolute atomic E-state index is 0.0357. The number of hydrogen-bond acceptors (Lipinski definition) is 3. The van der Waals surface area contributed by atoms with Gasteiger partial charge in [-0.2, -0.15) is 0 Å². The molecule has 0 aromatic rings. The maximum absolute atomic E-state index is 8.67. The molecular weight excluding hydrogens is 154 g/mol. The van der Waals surface area contributed by atoms with Crippen molar-refractivity contribution < 1.29 is 9.84 Å². The van der Waals surface area contributed by atoms with E-state index in [2.05, 4.69) is 0 Å². The van der Waals surface area contributed by atoms with Crippen molar-refractivity contribution in [3.8, 4) is 0 Å². The van der Waals surface area contributed by atoms with Crippen LogP contribution in [-0.2, 0) is 4.74 Å². The molecule has 0 aliphatic carbocycles. The van der Waals surface area contributed by atoms with Crippen molar-refractivity contribution in [2.75, 3.05) is 13.2 Å². The van der Waals surface area contributed by atoms with E-state index in [1.54, 1.807) is 0 Å². The molecule has 12 heavy (non-hydrogen) atoms. The quantitative estimate of drug-likeness (QED) is 0.642. The van der Waals surface area contributed by atoms with Crippen LogP contribution >= 0.6 is 0 Å². The summed E-state index contributed by atoms with van der Waals surface area (Å²) in [5.41, 5.74) is 5.57. The summed E-state index contributed by atoms with van der Waals surface area (Å²) in [5.74, 6) is 0. The van der Waals surface area contributed by atoms with Crippen LogP contribution in [0, 0.1) is 0 Å². The summed E-state index contributed by atoms with van der Waals surface area (Å²) in [6.07, 6.45) is 5.97. The fraction of sp³-hybridized carbons (Fsp3) is 1.00. The monoisotopic (exact) mass is 173 g/mol. The molecule has 3 heteroatoms. The zero-order chi connectivity index (χ0) is 8.81. The number of aliphatic hydroxyl groups is 1. The Bertz CT molecular complexity index is 113. The summed E-state index contributed by atoms with van der Waals surface area (Å²) in [6.45, 7) is 1.03. The number of aliphatic hydroxyl groups excluding tert-OH is 1. The Morgan fingerprint density at radius 2 is 2.42 bits per heavy atom. The van der Waals surface area contributed by atoms with Gasteiger partial charge >= 0.3 is 0 Å². The molecule has 0 amide bonds. The van der Waals surface area contributed by atoms with Gasteiger partial charge in [0.05, 0.1) is 12.7 Å². The van der Waals surface area contributed by atoms with Crippen molar-refractivity contribution in [1.29, 1.82) is 0 Å². The second-order valence-electron chi connectivity index (χ2n) is 3.51. The maximum atomic E-state index is 8.67. The number of hydrogen-bond donors (Lipinski definition) is 2. The first-order chi connectivity index (χ1) is 5.83. The lowest BCUT2D eigenvalue weighted by molar-refractivity contribution is 0.101. The molecule has 1 aliphatic rings. The van der Waals surface area contributed by atoms with Crippen molar-refractivity contribution >= 4 is 0 Å². The molecule has 3 N–H and O–H groups in total. The molecule has 2 atom stereocenters. The van der Waals surface area contributed by atoms with Crippen molar-refractivity contribution in [1.82, 2.24) is 0 Å². The van der Waals surface area contributed by atoms with Crippen LogP contribution in [0.3, 0.4) is 0 Å². The molecule has 3 nitrogen and oxygen atoms in total. The van der Waals surface area contributed by atoms with E-state index in [-0.39, 0.29) is 12.6 Å². The Hall–Kier alpha value is -0.120. The van der Waals surface area contributed by atoms with Gasteiger partial charge in [0.15, 0.2) is 0 Å². The van der Waals surface area contributed by atoms with Gasteiger partial charge in [-0.1, -0.05) is 0 Å². The Morgan fingerprint density at radius 1 is 1.58 bits per heavy atom. The molecule has 1 aliphatic heterocycles. The van der Waals surface area contributed by atoms with E-state index in [0.717, 1.165) is 25.9 Å². The molecule has 0 spiro atoms. The second kappa shape index (κ2) is 5.51. The van der Waals surface area contributed by atoms with Gasteiger partial charge in [0.25, 0.3) is 0 Å². The number of nitrogens with two attached hydrogens (primary N) is 1. The van der Waals surface area contributed by atoms with Gasteiger partial charge in [0.2, 0.25) is 0 Å². The third kappa shape index (κ3) is 3.52. The number of ether oxygens (including phenoxy) is 1. The molecular formula is C9H19NO2. The molecule has 2 unspecified atom stereocenters. The normalized spacial score (nSPS) is 26.0. The van der Waals surface area contributed by atoms with Gasteiger partial charge in [0.1, 0.15) is 0 Å². The molecule has 0 aromatic carbocycles. The zero-order valence-electron chi connectivity index (χ0n) is 7.54. The Labute approximate surface area is 73.9 Å². The SMILES string of the molecule is NC(CO)CCCC1CCCO1. The van der Waals surface area contributed by atoms with Gasteiger partial charge in [-0.05, 0) is 32.1 Å². The van der Waals surface area contributed by atoms with Gasteiger partial charge in [-0.3, -0.25) is 0 Å². The standard InChI is InChI=1S/C9H19NO2/c10-8(7-11)3-1-4-9-5-2-6-12-9/h8-9,11H,1-7,10H2. The van der Waals surface area contributed by atoms with Crippen LogP contribution in [0.4, 0.5) is 0 Å². The molecule has 1 rings (SSSR count). The van der Waals surface area contributed by atoms with E-state index in [4.69, 9.17) is 15.6 Å². The second-order valence-corrected chi connectivity index (χ2v) is 3.51. The maximum Gasteiger partial charge on any atom is 0.0582 e. The van der Waals surface area contributed by atoms with Gasteiger partial charge in [0, 0.05) is 12.6 Å². The minimum Gasteiger partial charge on any atom is -0.395 e. The van der Waals surface area contributed by atoms with E-state index in [9.17, 15) is 0 Å². The van der Waals surface area contributed by atoms with Crippen LogP contribution in [0.2, 0.25) is 0 Å². The van der Waals surface area contributed by atoms with E-state index >= 15 is 0 Å². The summed E-state index contributed by atoms with van der Waals surface area (Å²) in [5, 5.41) is 8.67. The lowest BCUT2D eigenvalue weighted by atomic mass is 10.1. The van der Waals surface area contributed by atoms with Crippen molar-refractivity contribution in [2.24, 2.45) is 5.73 Å². The van der Waals surface area contributed by atoms with Gasteiger partial charge in [-0.25, -0.2) is 0 Å². The Morgan fingerprint density at radius 3 is 3.00 bits per heavy atom. The first kappa shape index (κ1) is 9.96. The van der Waals surface area contributed by atoms with Crippen LogP contribution in [0.25, 0.3) is 0 Å². The van der Waals surface area contributed by atoms with Crippen LogP contribution in [0.5, 0.6) is 0 Å². The summed E-state index contributed by atoms with van der Waals surface area (Å²) in [6, 6.07) is -0.0357. The van der Waals surface area contributed by atoms with E-state index in [0.29, 0.717) is 6.10 Å². The molecule has 1 heterocycles. The minimum atomic E-state index is -0.0357. The molecule has 0 saturated carbocycles. The molecule has 0 aromatic heterocycles. The van der Waals surface area contributed by atoms with Crippen molar-refractivity contribution in [2.45, 2.75) is 44.2 Å². The summed E-state index contributed by atoms with van der Waals surface area (Å²) < 4.78 is 5.47. The van der Waals surface area contributed by atoms with Crippen LogP contribution in [0.1, 0.15) is 32.1 Å². The highest BCUT2D eigenvalue weighted by molar-refractivity contribution is 4.66. The summed E-state index contributed by atoms with van der Waals surface area (Å²) >= 11 is 0. The predicted octanol–water partition coefficient (Wildman–Crippen LogP) is 0.655. The number of rotatable bonds is 5. The van der Waals surface area contributed by atoms with Crippen LogP contribution in [-0.4, -0.2) is 30.5 Å². The first-order valence-corrected chi connectivity index (χ1v) is 4.81. The average molecular weight is 173 g/mol. The lowest BCUT2D eigenvalue weighted by Gasteiger charge is -2.11. The fourth-order valence-corrected chi connectivity index (χ4v) is 1.57. The predicted molar refractivity (Wildman–Crippen MR) is 47.9 cm³/mol. The van der Waals surface area contributed by atoms with Crippen molar-refractivity contribution in [3.05, 3.63) is 0 Å². The largest absolute Gasteiger partial charge is 0.395 e. The first-order valence-electron chi connectivity index (χ1n) is 4.81. The van der Waals surface area contributed by atoms with E-state index < -0.39 is 0 Å². The zero-order valence-corrected chi connectivity index (χ0v) is 7.54. The van der Waals surface area contributed by atoms with Crippen LogP contribution in [0.15, 0.2) is 0 Å². The molecule has 1 fully saturated rings. The summed E-state index contributed by atoms with van der Waals surface area (Å²) in [4.78, 5) is 0. The smallest absolute Gasteiger partial charge is 0.0582 e. The topological polar surface area (TPSA) is 55.5 Å². The highest BCUT2D eigenvalue weighted by Crippen LogP contribution is 2.17. The molecule has 0 radical (unpaired) electrons. The highest BCUT2D eigenvalue weighted by atomic mass is 16.5. The Balaban J connectivity index is 1.94. The lowest BCUT2D eigenvalue weighted by Crippen LogP contribution is -2.24. The van der Waals surface area contributed by atoms with E-state index in [1.165, 1.54) is 12.8 Å².